The molecule has 1 fully saturated rings. The summed E-state index contributed by atoms with van der Waals surface area (Å²) in [4.78, 5) is 13.3. The van der Waals surface area contributed by atoms with Crippen molar-refractivity contribution in [3.8, 4) is 0 Å². The minimum atomic E-state index is -0.899. The first-order valence-corrected chi connectivity index (χ1v) is 6.70. The molecule has 0 unspecified atom stereocenters. The average Bonchev–Trinajstić information content (AvgIpc) is 2.27. The molecule has 0 bridgehead atoms. The summed E-state index contributed by atoms with van der Waals surface area (Å²) in [6, 6.07) is 5.24. The molecule has 1 aliphatic rings. The van der Waals surface area contributed by atoms with Crippen LogP contribution in [0.25, 0.3) is 0 Å². The number of aromatic carboxylic acids is 1. The Morgan fingerprint density at radius 1 is 1.39 bits per heavy atom. The number of halogens is 1. The van der Waals surface area contributed by atoms with E-state index in [-0.39, 0.29) is 12.2 Å². The quantitative estimate of drug-likeness (QED) is 0.912. The Balaban J connectivity index is 2.36. The van der Waals surface area contributed by atoms with E-state index in [1.54, 1.807) is 12.1 Å². The van der Waals surface area contributed by atoms with Crippen LogP contribution in [0.15, 0.2) is 22.7 Å². The van der Waals surface area contributed by atoms with E-state index in [1.807, 2.05) is 19.9 Å². The second-order valence-corrected chi connectivity index (χ2v) is 5.54. The number of carbonyl (C=O) groups is 1. The van der Waals surface area contributed by atoms with E-state index in [0.717, 1.165) is 10.2 Å². The van der Waals surface area contributed by atoms with E-state index in [9.17, 15) is 9.90 Å². The van der Waals surface area contributed by atoms with Crippen LogP contribution in [0.4, 0.5) is 5.69 Å². The van der Waals surface area contributed by atoms with Crippen LogP contribution in [0.2, 0.25) is 0 Å². The molecule has 0 aromatic heterocycles. The Morgan fingerprint density at radius 2 is 2.00 bits per heavy atom. The molecule has 18 heavy (non-hydrogen) atoms. The Hall–Kier alpha value is -1.07. The average molecular weight is 314 g/mol. The fourth-order valence-corrected chi connectivity index (χ4v) is 2.67. The Kier molecular flexibility index (Phi) is 3.92. The van der Waals surface area contributed by atoms with E-state index in [4.69, 9.17) is 4.74 Å². The minimum absolute atomic E-state index is 0.106. The van der Waals surface area contributed by atoms with Crippen LogP contribution in [0.1, 0.15) is 24.2 Å². The van der Waals surface area contributed by atoms with Crippen molar-refractivity contribution in [1.29, 1.82) is 0 Å². The number of nitrogens with zero attached hydrogens (tertiary/aromatic N) is 1. The first-order chi connectivity index (χ1) is 8.47. The molecule has 0 amide bonds. The van der Waals surface area contributed by atoms with Gasteiger partial charge in [-0.2, -0.15) is 0 Å². The summed E-state index contributed by atoms with van der Waals surface area (Å²) in [6.07, 6.45) is 0.212. The zero-order chi connectivity index (χ0) is 13.3. The lowest BCUT2D eigenvalue weighted by Gasteiger charge is -2.37. The number of hydrogen-bond donors (Lipinski definition) is 1. The van der Waals surface area contributed by atoms with Gasteiger partial charge < -0.3 is 14.7 Å². The third-order valence-corrected chi connectivity index (χ3v) is 3.44. The zero-order valence-electron chi connectivity index (χ0n) is 10.4. The van der Waals surface area contributed by atoms with Crippen LogP contribution in [-0.4, -0.2) is 36.4 Å². The van der Waals surface area contributed by atoms with E-state index in [0.29, 0.717) is 18.7 Å². The lowest BCUT2D eigenvalue weighted by molar-refractivity contribution is -0.00532. The summed E-state index contributed by atoms with van der Waals surface area (Å²) < 4.78 is 6.55. The first-order valence-electron chi connectivity index (χ1n) is 5.90. The number of morpholine rings is 1. The number of ether oxygens (including phenoxy) is 1. The smallest absolute Gasteiger partial charge is 0.337 e. The van der Waals surface area contributed by atoms with Crippen molar-refractivity contribution in [3.63, 3.8) is 0 Å². The number of anilines is 1. The molecular weight excluding hydrogens is 298 g/mol. The van der Waals surface area contributed by atoms with Crippen LogP contribution < -0.4 is 4.90 Å². The lowest BCUT2D eigenvalue weighted by Crippen LogP contribution is -2.46. The molecule has 1 heterocycles. The number of benzene rings is 1. The highest BCUT2D eigenvalue weighted by molar-refractivity contribution is 9.10. The second kappa shape index (κ2) is 5.28. The number of rotatable bonds is 2. The largest absolute Gasteiger partial charge is 0.478 e. The van der Waals surface area contributed by atoms with Gasteiger partial charge in [0.1, 0.15) is 0 Å². The van der Waals surface area contributed by atoms with Gasteiger partial charge in [0.25, 0.3) is 0 Å². The highest BCUT2D eigenvalue weighted by atomic mass is 79.9. The molecular formula is C13H16BrNO3. The van der Waals surface area contributed by atoms with Gasteiger partial charge in [0, 0.05) is 17.6 Å². The van der Waals surface area contributed by atoms with Gasteiger partial charge in [-0.15, -0.1) is 0 Å². The molecule has 1 aromatic carbocycles. The Morgan fingerprint density at radius 3 is 2.56 bits per heavy atom. The van der Waals surface area contributed by atoms with Gasteiger partial charge in [-0.25, -0.2) is 4.79 Å². The van der Waals surface area contributed by atoms with E-state index < -0.39 is 5.97 Å². The van der Waals surface area contributed by atoms with Crippen molar-refractivity contribution in [3.05, 3.63) is 28.2 Å². The van der Waals surface area contributed by atoms with Crippen molar-refractivity contribution in [2.45, 2.75) is 26.1 Å². The SMILES string of the molecule is C[C@@H]1CN(c2cc(Br)ccc2C(=O)O)C[C@H](C)O1. The van der Waals surface area contributed by atoms with Crippen molar-refractivity contribution < 1.29 is 14.6 Å². The summed E-state index contributed by atoms with van der Waals surface area (Å²) in [5, 5.41) is 9.25. The molecule has 1 N–H and O–H groups in total. The fourth-order valence-electron chi connectivity index (χ4n) is 2.32. The van der Waals surface area contributed by atoms with Gasteiger partial charge >= 0.3 is 5.97 Å². The summed E-state index contributed by atoms with van der Waals surface area (Å²) in [7, 11) is 0. The van der Waals surface area contributed by atoms with Crippen molar-refractivity contribution in [2.24, 2.45) is 0 Å². The maximum absolute atomic E-state index is 11.3. The van der Waals surface area contributed by atoms with Gasteiger partial charge in [-0.1, -0.05) is 15.9 Å². The predicted molar refractivity (Wildman–Crippen MR) is 73.3 cm³/mol. The molecule has 4 nitrogen and oxygen atoms in total. The number of carboxylic acid groups (broad SMARTS) is 1. The van der Waals surface area contributed by atoms with Crippen LogP contribution in [-0.2, 0) is 4.74 Å². The van der Waals surface area contributed by atoms with Crippen molar-refractivity contribution in [1.82, 2.24) is 0 Å². The minimum Gasteiger partial charge on any atom is -0.478 e. The maximum Gasteiger partial charge on any atom is 0.337 e. The highest BCUT2D eigenvalue weighted by Crippen LogP contribution is 2.28. The molecule has 0 saturated carbocycles. The van der Waals surface area contributed by atoms with E-state index >= 15 is 0 Å². The van der Waals surface area contributed by atoms with Crippen LogP contribution in [0.5, 0.6) is 0 Å². The molecule has 2 rings (SSSR count). The summed E-state index contributed by atoms with van der Waals surface area (Å²) in [5.41, 5.74) is 1.08. The molecule has 2 atom stereocenters. The van der Waals surface area contributed by atoms with E-state index in [1.165, 1.54) is 0 Å². The van der Waals surface area contributed by atoms with Crippen LogP contribution >= 0.6 is 15.9 Å². The van der Waals surface area contributed by atoms with Crippen molar-refractivity contribution in [2.75, 3.05) is 18.0 Å². The fraction of sp³-hybridized carbons (Fsp3) is 0.462. The molecule has 0 aliphatic carbocycles. The normalized spacial score (nSPS) is 24.1. The van der Waals surface area contributed by atoms with Crippen molar-refractivity contribution >= 4 is 27.6 Å². The van der Waals surface area contributed by atoms with Gasteiger partial charge in [-0.3, -0.25) is 0 Å². The standard InChI is InChI=1S/C13H16BrNO3/c1-8-6-15(7-9(2)18-8)12-5-10(14)3-4-11(12)13(16)17/h3-5,8-9H,6-7H2,1-2H3,(H,16,17)/t8-,9+. The molecule has 1 aromatic rings. The van der Waals surface area contributed by atoms with Gasteiger partial charge in [-0.05, 0) is 32.0 Å². The lowest BCUT2D eigenvalue weighted by atomic mass is 10.1. The monoisotopic (exact) mass is 313 g/mol. The maximum atomic E-state index is 11.3. The number of hydrogen-bond acceptors (Lipinski definition) is 3. The Bertz CT molecular complexity index is 454. The van der Waals surface area contributed by atoms with E-state index in [2.05, 4.69) is 20.8 Å². The summed E-state index contributed by atoms with van der Waals surface area (Å²) in [5.74, 6) is -0.899. The molecule has 98 valence electrons. The predicted octanol–water partition coefficient (Wildman–Crippen LogP) is 2.76. The number of carboxylic acids is 1. The van der Waals surface area contributed by atoms with Crippen LogP contribution in [0.3, 0.4) is 0 Å². The third kappa shape index (κ3) is 2.84. The topological polar surface area (TPSA) is 49.8 Å². The van der Waals surface area contributed by atoms with Gasteiger partial charge in [0.2, 0.25) is 0 Å². The highest BCUT2D eigenvalue weighted by Gasteiger charge is 2.25. The molecule has 1 aliphatic heterocycles. The molecule has 5 heteroatoms. The van der Waals surface area contributed by atoms with Crippen LogP contribution in [0, 0.1) is 0 Å². The molecule has 0 radical (unpaired) electrons. The zero-order valence-corrected chi connectivity index (χ0v) is 12.0. The summed E-state index contributed by atoms with van der Waals surface area (Å²) >= 11 is 3.39. The van der Waals surface area contributed by atoms with Gasteiger partial charge in [0.05, 0.1) is 23.5 Å². The molecule has 1 saturated heterocycles. The Labute approximate surface area is 115 Å². The third-order valence-electron chi connectivity index (χ3n) is 2.95. The van der Waals surface area contributed by atoms with Gasteiger partial charge in [0.15, 0.2) is 0 Å². The first kappa shape index (κ1) is 13.4. The summed E-state index contributed by atoms with van der Waals surface area (Å²) in [6.45, 7) is 5.42. The second-order valence-electron chi connectivity index (χ2n) is 4.63. The molecule has 0 spiro atoms.